The average Bonchev–Trinajstić information content (AvgIpc) is 0.668. The molecule has 0 unspecified atom stereocenters. The quantitative estimate of drug-likeness (QED) is 0.0487. The van der Waals surface area contributed by atoms with Gasteiger partial charge in [-0.1, -0.05) is 0 Å². The average molecular weight is 1700 g/mol. The molecule has 1 fully saturated rings. The van der Waals surface area contributed by atoms with Crippen molar-refractivity contribution in [2.45, 2.75) is 201 Å². The van der Waals surface area contributed by atoms with Crippen LogP contribution in [0.25, 0.3) is 0 Å². The van der Waals surface area contributed by atoms with Gasteiger partial charge < -0.3 is 0 Å². The molecular formula is C99H102Ge3O12. The maximum atomic E-state index is 18.9. The number of carbonyl (C=O) groups excluding carboxylic acids is 12. The molecule has 0 N–H and O–H groups in total. The van der Waals surface area contributed by atoms with Gasteiger partial charge in [-0.2, -0.15) is 0 Å². The number of benzene rings is 9. The number of aryl methyl sites for hydroxylation is 27. The zero-order chi connectivity index (χ0) is 84.8. The van der Waals surface area contributed by atoms with Crippen LogP contribution in [0.5, 0.6) is 0 Å². The number of carbonyl (C=O) groups is 9. The summed E-state index contributed by atoms with van der Waals surface area (Å²) in [5.41, 5.74) is 5.69. The Labute approximate surface area is 678 Å². The molecule has 0 atom stereocenters. The van der Waals surface area contributed by atoms with E-state index in [0.717, 1.165) is 0 Å². The van der Waals surface area contributed by atoms with Crippen LogP contribution in [0.2, 0.25) is 14.3 Å². The third kappa shape index (κ3) is 14.1. The third-order valence-electron chi connectivity index (χ3n) is 23.9. The van der Waals surface area contributed by atoms with E-state index >= 15 is 57.5 Å². The van der Waals surface area contributed by atoms with Crippen LogP contribution in [-0.4, -0.2) is 99.2 Å². The van der Waals surface area contributed by atoms with Crippen molar-refractivity contribution < 1.29 is 57.5 Å². The van der Waals surface area contributed by atoms with Crippen LogP contribution < -0.4 is 0 Å². The van der Waals surface area contributed by atoms with E-state index in [0.29, 0.717) is 50.1 Å². The Kier molecular flexibility index (Phi) is 24.5. The molecule has 0 amide bonds. The molecule has 0 radical (unpaired) electrons. The van der Waals surface area contributed by atoms with Crippen LogP contribution in [-0.2, 0) is 14.4 Å². The van der Waals surface area contributed by atoms with E-state index in [4.69, 9.17) is 0 Å². The zero-order valence-corrected chi connectivity index (χ0v) is 77.3. The Morgan fingerprint density at radius 2 is 0.254 bits per heavy atom. The third-order valence-corrected chi connectivity index (χ3v) is 51.5. The first-order valence-electron chi connectivity index (χ1n) is 38.7. The summed E-state index contributed by atoms with van der Waals surface area (Å²) in [4.78, 5) is 221. The van der Waals surface area contributed by atoms with Gasteiger partial charge in [0.15, 0.2) is 0 Å². The summed E-state index contributed by atoms with van der Waals surface area (Å²) < 4.78 is -18.7. The standard InChI is InChI=1S/C99H102Ge3O12/c1-49-28-58(10)79(59(11)29-49)91(106)100(92(107)80-60(12)30-50(2)31-61(80)13,93(108)81-62(14)32-51(3)33-63(81)15)88-76(46-103)89(101(94(109)82-64(16)34-52(4)35-65(82)17,95(110)83-66(18)36-53(5)37-67(83)19)96(111)84-68(20)38-54(6)39-69(84)21)78(48-105)90(77(88)47-104)102(97(112)85-70(22)40-55(7)41-71(85)23,98(113)86-72(24)42-56(8)43-73(86)25)99(114)87-74(26)44-57(9)45-75(87)27/h28-45,88-90H,1-27H3. The molecule has 0 aromatic heterocycles. The molecule has 114 heavy (non-hydrogen) atoms. The van der Waals surface area contributed by atoms with Gasteiger partial charge in [-0.15, -0.1) is 0 Å². The SMILES string of the molecule is Cc1cc(C)c([C](=O)[Ge]([C](=O)c2c(C)cc(C)cc2C)([C](=O)c2c(C)cc(C)cc2C)[CH]2C(=C=O)[CH]([Ge]([C](=O)c3c(C)cc(C)cc3C)([C](=O)c3c(C)cc(C)cc3C)[C](=O)c3c(C)cc(C)cc3C)C(=C=O)[CH]([Ge]([C](=O)c3c(C)cc(C)cc3C)([C](=O)c3c(C)cc(C)cc3C)[C](=O)c3c(C)cc(C)cc3C)C2=C=O)c(C)c1. The van der Waals surface area contributed by atoms with E-state index in [-0.39, 0.29) is 150 Å². The predicted octanol–water partition coefficient (Wildman–Crippen LogP) is 19.9. The first-order valence-corrected chi connectivity index (χ1v) is 51.8. The van der Waals surface area contributed by atoms with Crippen molar-refractivity contribution in [2.75, 3.05) is 0 Å². The molecule has 9 aromatic rings. The first kappa shape index (κ1) is 86.4. The van der Waals surface area contributed by atoms with Gasteiger partial charge in [0, 0.05) is 0 Å². The summed E-state index contributed by atoms with van der Waals surface area (Å²) in [6.45, 7) is 45.6. The van der Waals surface area contributed by atoms with Crippen LogP contribution in [0, 0.1) is 187 Å². The molecule has 9 aromatic carbocycles. The fraction of sp³-hybridized carbons (Fsp3) is 0.303. The predicted molar refractivity (Wildman–Crippen MR) is 461 cm³/mol. The van der Waals surface area contributed by atoms with Gasteiger partial charge >= 0.3 is 684 Å². The normalized spacial score (nSPS) is 14.4. The molecule has 10 rings (SSSR count). The van der Waals surface area contributed by atoms with Crippen molar-refractivity contribution in [1.29, 1.82) is 0 Å². The van der Waals surface area contributed by atoms with Gasteiger partial charge in [0.1, 0.15) is 0 Å². The number of hydrogen-bond donors (Lipinski definition) is 0. The van der Waals surface area contributed by atoms with E-state index in [1.807, 2.05) is 0 Å². The van der Waals surface area contributed by atoms with Crippen LogP contribution in [0.4, 0.5) is 0 Å². The van der Waals surface area contributed by atoms with Crippen molar-refractivity contribution in [3.05, 3.63) is 326 Å². The van der Waals surface area contributed by atoms with Crippen molar-refractivity contribution in [3.8, 4) is 0 Å². The maximum absolute atomic E-state index is 18.9. The van der Waals surface area contributed by atoms with E-state index in [1.54, 1.807) is 296 Å². The monoisotopic (exact) mass is 1700 g/mol. The fourth-order valence-electron chi connectivity index (χ4n) is 20.5. The summed E-state index contributed by atoms with van der Waals surface area (Å²) in [6.07, 6.45) is 0. The Bertz CT molecular complexity index is 4700. The van der Waals surface area contributed by atoms with Crippen LogP contribution >= 0.6 is 0 Å². The van der Waals surface area contributed by atoms with E-state index in [1.165, 1.54) is 0 Å². The minimum atomic E-state index is -7.79. The molecule has 1 saturated carbocycles. The van der Waals surface area contributed by atoms with Crippen molar-refractivity contribution in [3.63, 3.8) is 0 Å². The van der Waals surface area contributed by atoms with Gasteiger partial charge in [0.05, 0.1) is 0 Å². The van der Waals surface area contributed by atoms with Crippen LogP contribution in [0.3, 0.4) is 0 Å². The van der Waals surface area contributed by atoms with Crippen molar-refractivity contribution in [2.24, 2.45) is 0 Å². The number of rotatable bonds is 21. The summed E-state index contributed by atoms with van der Waals surface area (Å²) in [5, 5.41) is 0. The summed E-state index contributed by atoms with van der Waals surface area (Å²) >= 11 is -23.4. The molecular weight excluding hydrogens is 1600 g/mol. The summed E-state index contributed by atoms with van der Waals surface area (Å²) in [7, 11) is 0. The van der Waals surface area contributed by atoms with Crippen molar-refractivity contribution in [1.82, 2.24) is 0 Å². The van der Waals surface area contributed by atoms with Crippen LogP contribution in [0.1, 0.15) is 243 Å². The summed E-state index contributed by atoms with van der Waals surface area (Å²) in [6, 6.07) is 30.5. The number of hydrogen-bond acceptors (Lipinski definition) is 12. The second-order valence-electron chi connectivity index (χ2n) is 33.3. The Morgan fingerprint density at radius 1 is 0.175 bits per heavy atom. The van der Waals surface area contributed by atoms with Gasteiger partial charge in [-0.05, 0) is 0 Å². The van der Waals surface area contributed by atoms with E-state index in [9.17, 15) is 0 Å². The van der Waals surface area contributed by atoms with Crippen LogP contribution in [0.15, 0.2) is 126 Å². The Balaban J connectivity index is 1.70. The molecule has 12 nitrogen and oxygen atoms in total. The molecule has 0 aliphatic heterocycles. The van der Waals surface area contributed by atoms with E-state index < -0.39 is 112 Å². The molecule has 15 heteroatoms. The molecule has 0 heterocycles. The number of allylic oxidation sites excluding steroid dienone is 3. The zero-order valence-electron chi connectivity index (χ0n) is 71.0. The molecule has 0 spiro atoms. The first-order chi connectivity index (χ1) is 53.3. The molecule has 0 bridgehead atoms. The summed E-state index contributed by atoms with van der Waals surface area (Å²) in [5.74, 6) is 6.46. The molecule has 1 aliphatic carbocycles. The minimum absolute atomic E-state index is 0.176. The Hall–Kier alpha value is -10.0. The molecule has 1 aliphatic rings. The van der Waals surface area contributed by atoms with Gasteiger partial charge in [0.25, 0.3) is 0 Å². The molecule has 0 saturated heterocycles. The van der Waals surface area contributed by atoms with Crippen molar-refractivity contribution >= 4 is 99.2 Å². The van der Waals surface area contributed by atoms with Gasteiger partial charge in [-0.25, -0.2) is 0 Å². The Morgan fingerprint density at radius 3 is 0.325 bits per heavy atom. The van der Waals surface area contributed by atoms with Gasteiger partial charge in [-0.3, -0.25) is 0 Å². The molecule has 582 valence electrons. The fourth-order valence-corrected chi connectivity index (χ4v) is 55.1. The second-order valence-corrected chi connectivity index (χ2v) is 55.7. The van der Waals surface area contributed by atoms with Gasteiger partial charge in [0.2, 0.25) is 0 Å². The topological polar surface area (TPSA) is 205 Å². The second kappa shape index (κ2) is 32.3. The van der Waals surface area contributed by atoms with E-state index in [2.05, 4.69) is 17.8 Å².